The quantitative estimate of drug-likeness (QED) is 0.563. The van der Waals surface area contributed by atoms with Gasteiger partial charge in [0.05, 0.1) is 11.0 Å². The molecule has 5 nitrogen and oxygen atoms in total. The van der Waals surface area contributed by atoms with Crippen LogP contribution in [-0.2, 0) is 29.5 Å². The van der Waals surface area contributed by atoms with Gasteiger partial charge in [-0.05, 0) is 90.9 Å². The molecule has 2 saturated carbocycles. The van der Waals surface area contributed by atoms with Gasteiger partial charge in [-0.25, -0.2) is 0 Å². The van der Waals surface area contributed by atoms with Crippen molar-refractivity contribution in [2.45, 2.75) is 68.1 Å². The first kappa shape index (κ1) is 21.1. The lowest BCUT2D eigenvalue weighted by Gasteiger charge is -2.65. The number of piperidine rings is 1. The highest BCUT2D eigenvalue weighted by atomic mass is 16.5. The number of rotatable bonds is 2. The van der Waals surface area contributed by atoms with E-state index in [1.54, 1.807) is 6.07 Å². The molecule has 4 aliphatic carbocycles. The molecule has 5 heteroatoms. The van der Waals surface area contributed by atoms with Gasteiger partial charge in [0.25, 0.3) is 0 Å². The second kappa shape index (κ2) is 6.57. The van der Waals surface area contributed by atoms with Crippen molar-refractivity contribution in [3.05, 3.63) is 70.8 Å². The number of benzene rings is 3. The van der Waals surface area contributed by atoms with Gasteiger partial charge in [0.2, 0.25) is 0 Å². The number of hydrogen-bond donors (Lipinski definition) is 2. The third kappa shape index (κ3) is 2.38. The second-order valence-electron chi connectivity index (χ2n) is 12.8. The fourth-order valence-electron chi connectivity index (χ4n) is 9.34. The first-order valence-electron chi connectivity index (χ1n) is 14.0. The van der Waals surface area contributed by atoms with E-state index in [0.717, 1.165) is 36.6 Å². The summed E-state index contributed by atoms with van der Waals surface area (Å²) in [4.78, 5) is 17.2. The van der Waals surface area contributed by atoms with Crippen LogP contribution in [0.1, 0.15) is 47.9 Å². The van der Waals surface area contributed by atoms with E-state index < -0.39 is 22.5 Å². The Labute approximate surface area is 216 Å². The molecule has 3 fully saturated rings. The van der Waals surface area contributed by atoms with Crippen LogP contribution in [0.2, 0.25) is 0 Å². The van der Waals surface area contributed by atoms with E-state index in [4.69, 9.17) is 4.74 Å². The maximum atomic E-state index is 14.7. The molecular weight excluding hydrogens is 462 g/mol. The van der Waals surface area contributed by atoms with E-state index in [9.17, 15) is 15.0 Å². The third-order valence-electron chi connectivity index (χ3n) is 11.1. The highest BCUT2D eigenvalue weighted by molar-refractivity contribution is 5.97. The predicted octanol–water partition coefficient (Wildman–Crippen LogP) is 4.07. The number of likely N-dealkylation sites (tertiary alicyclic amines) is 1. The van der Waals surface area contributed by atoms with E-state index in [-0.39, 0.29) is 17.6 Å². The molecule has 37 heavy (non-hydrogen) atoms. The Morgan fingerprint density at radius 1 is 1.03 bits per heavy atom. The van der Waals surface area contributed by atoms with E-state index in [0.29, 0.717) is 31.4 Å². The van der Waals surface area contributed by atoms with Gasteiger partial charge in [-0.2, -0.15) is 0 Å². The number of carbonyl (C=O) groups excluding carboxylic acids is 1. The molecule has 2 aliphatic heterocycles. The number of ketones is 1. The molecule has 9 rings (SSSR count). The fourth-order valence-corrected chi connectivity index (χ4v) is 9.34. The van der Waals surface area contributed by atoms with Gasteiger partial charge < -0.3 is 14.9 Å². The Kier molecular flexibility index (Phi) is 3.74. The topological polar surface area (TPSA) is 70.0 Å². The zero-order chi connectivity index (χ0) is 24.7. The predicted molar refractivity (Wildman–Crippen MR) is 139 cm³/mol. The summed E-state index contributed by atoms with van der Waals surface area (Å²) in [6.45, 7) is 1.89. The Morgan fingerprint density at radius 2 is 1.86 bits per heavy atom. The van der Waals surface area contributed by atoms with Crippen molar-refractivity contribution in [1.82, 2.24) is 4.90 Å². The summed E-state index contributed by atoms with van der Waals surface area (Å²) in [6.07, 6.45) is 4.99. The molecule has 0 radical (unpaired) electrons. The summed E-state index contributed by atoms with van der Waals surface area (Å²) < 4.78 is 6.51. The van der Waals surface area contributed by atoms with Crippen molar-refractivity contribution >= 4 is 16.6 Å². The summed E-state index contributed by atoms with van der Waals surface area (Å²) in [6, 6.07) is 16.4. The molecule has 2 N–H and O–H groups in total. The van der Waals surface area contributed by atoms with Crippen LogP contribution in [0.25, 0.3) is 10.8 Å². The van der Waals surface area contributed by atoms with Crippen molar-refractivity contribution in [3.8, 4) is 11.5 Å². The highest BCUT2D eigenvalue weighted by Gasteiger charge is 2.77. The maximum Gasteiger partial charge on any atom is 0.181 e. The lowest BCUT2D eigenvalue weighted by molar-refractivity contribution is -0.209. The van der Waals surface area contributed by atoms with Crippen molar-refractivity contribution in [2.24, 2.45) is 11.3 Å². The first-order chi connectivity index (χ1) is 17.9. The van der Waals surface area contributed by atoms with E-state index >= 15 is 0 Å². The summed E-state index contributed by atoms with van der Waals surface area (Å²) in [5, 5.41) is 26.3. The van der Waals surface area contributed by atoms with Crippen LogP contribution in [0.5, 0.6) is 11.5 Å². The Morgan fingerprint density at radius 3 is 2.73 bits per heavy atom. The average molecular weight is 494 g/mol. The molecule has 2 heterocycles. The summed E-state index contributed by atoms with van der Waals surface area (Å²) >= 11 is 0. The van der Waals surface area contributed by atoms with Crippen molar-refractivity contribution < 1.29 is 19.7 Å². The number of fused-ring (bicyclic) bond motifs is 3. The Balaban J connectivity index is 1.24. The second-order valence-corrected chi connectivity index (χ2v) is 12.8. The van der Waals surface area contributed by atoms with Crippen molar-refractivity contribution in [2.75, 3.05) is 13.1 Å². The molecule has 0 aromatic heterocycles. The van der Waals surface area contributed by atoms with Gasteiger partial charge in [0, 0.05) is 23.6 Å². The maximum absolute atomic E-state index is 14.7. The summed E-state index contributed by atoms with van der Waals surface area (Å²) in [7, 11) is 0. The number of phenols is 1. The lowest BCUT2D eigenvalue weighted by Crippen LogP contribution is -2.79. The number of Topliss-reactive ketones (excluding diaryl/α,β-unsaturated/α-hetero) is 1. The molecule has 6 aliphatic rings. The van der Waals surface area contributed by atoms with E-state index in [2.05, 4.69) is 41.3 Å². The van der Waals surface area contributed by atoms with Gasteiger partial charge in [0.15, 0.2) is 23.4 Å². The van der Waals surface area contributed by atoms with Gasteiger partial charge >= 0.3 is 0 Å². The molecule has 3 aromatic rings. The van der Waals surface area contributed by atoms with Crippen LogP contribution >= 0.6 is 0 Å². The molecule has 1 saturated heterocycles. The highest BCUT2D eigenvalue weighted by Crippen LogP contribution is 2.68. The zero-order valence-electron chi connectivity index (χ0n) is 20.9. The number of aromatic hydroxyl groups is 1. The lowest BCUT2D eigenvalue weighted by atomic mass is 9.44. The molecule has 2 bridgehead atoms. The largest absolute Gasteiger partial charge is 0.504 e. The zero-order valence-corrected chi connectivity index (χ0v) is 20.9. The minimum atomic E-state index is -1.08. The number of aliphatic hydroxyl groups is 1. The molecule has 1 unspecified atom stereocenters. The molecule has 0 amide bonds. The Bertz CT molecular complexity index is 1540. The normalized spacial score (nSPS) is 37.1. The number of carbonyl (C=O) groups is 1. The van der Waals surface area contributed by atoms with Crippen LogP contribution in [0.4, 0.5) is 0 Å². The monoisotopic (exact) mass is 493 g/mol. The van der Waals surface area contributed by atoms with Crippen LogP contribution in [0.15, 0.2) is 48.5 Å². The number of nitrogens with zero attached hydrogens (tertiary/aromatic N) is 1. The average Bonchev–Trinajstić information content (AvgIpc) is 3.51. The fraction of sp³-hybridized carbons (Fsp3) is 0.469. The molecule has 5 atom stereocenters. The molecule has 2 spiro atoms. The molecule has 3 aromatic carbocycles. The Hall–Kier alpha value is -2.89. The summed E-state index contributed by atoms with van der Waals surface area (Å²) in [5.41, 5.74) is 1.98. The number of hydrogen-bond acceptors (Lipinski definition) is 5. The van der Waals surface area contributed by atoms with Crippen LogP contribution < -0.4 is 4.74 Å². The van der Waals surface area contributed by atoms with Crippen molar-refractivity contribution in [1.29, 1.82) is 0 Å². The minimum Gasteiger partial charge on any atom is -0.504 e. The minimum absolute atomic E-state index is 0.0404. The molecular formula is C32H31NO4. The van der Waals surface area contributed by atoms with E-state index in [1.165, 1.54) is 34.7 Å². The first-order valence-corrected chi connectivity index (χ1v) is 14.0. The smallest absolute Gasteiger partial charge is 0.181 e. The van der Waals surface area contributed by atoms with E-state index in [1.807, 2.05) is 6.07 Å². The third-order valence-corrected chi connectivity index (χ3v) is 11.1. The van der Waals surface area contributed by atoms with Gasteiger partial charge in [-0.3, -0.25) is 9.69 Å². The van der Waals surface area contributed by atoms with Crippen LogP contribution in [0.3, 0.4) is 0 Å². The number of phenolic OH excluding ortho intramolecular Hbond substituents is 1. The number of ether oxygens (including phenoxy) is 1. The summed E-state index contributed by atoms with van der Waals surface area (Å²) in [5.74, 6) is 1.38. The van der Waals surface area contributed by atoms with Gasteiger partial charge in [-0.1, -0.05) is 42.5 Å². The molecule has 188 valence electrons. The van der Waals surface area contributed by atoms with Crippen LogP contribution in [0, 0.1) is 11.3 Å². The van der Waals surface area contributed by atoms with Crippen LogP contribution in [-0.4, -0.2) is 51.7 Å². The standard InChI is InChI=1S/C32H31NO4/c34-24-10-9-20-13-25-32(36)17-30(14-21-8-7-19-3-1-2-4-22(19)23(21)15-30)28(35)29-31(32,26(20)27(24)37-29)11-12-33(25)16-18-5-6-18/h1-4,7-10,18,25,29,34,36H,5-6,11-17H2/t25-,29+,30?,31+,32-/m1/s1. The van der Waals surface area contributed by atoms with Crippen molar-refractivity contribution in [3.63, 3.8) is 0 Å². The van der Waals surface area contributed by atoms with Gasteiger partial charge in [0.1, 0.15) is 0 Å². The SMILES string of the molecule is O=C1[C@@H]2Oc3c(O)ccc4c3[C@@]23CCN(CC2CC2)[C@H](C4)[C@]3(O)CC12Cc1ccc3ccccc3c1C2. The van der Waals surface area contributed by atoms with Gasteiger partial charge in [-0.15, -0.1) is 0 Å².